The number of aryl methyl sites for hydroxylation is 1. The first-order chi connectivity index (χ1) is 10.8. The van der Waals surface area contributed by atoms with Crippen molar-refractivity contribution in [2.45, 2.75) is 13.3 Å². The minimum Gasteiger partial charge on any atom is -0.237 e. The van der Waals surface area contributed by atoms with E-state index in [1.54, 1.807) is 12.4 Å². The molecule has 0 radical (unpaired) electrons. The maximum Gasteiger partial charge on any atom is 0.159 e. The molecule has 0 aliphatic heterocycles. The maximum atomic E-state index is 4.64. The summed E-state index contributed by atoms with van der Waals surface area (Å²) in [7, 11) is 0. The van der Waals surface area contributed by atoms with Gasteiger partial charge in [-0.05, 0) is 55.0 Å². The fourth-order valence-electron chi connectivity index (χ4n) is 2.60. The Labute approximate surface area is 127 Å². The van der Waals surface area contributed by atoms with Gasteiger partial charge in [-0.25, -0.2) is 19.9 Å². The van der Waals surface area contributed by atoms with Gasteiger partial charge in [0.1, 0.15) is 0 Å². The standard InChI is InChI=1S/C18H14N4/c1-12-15(10-14-5-3-9-20-18(14)21-12)11-16-7-6-13-4-2-8-19-17(13)22-16/h2-10H,11H2,1H3. The van der Waals surface area contributed by atoms with E-state index in [1.807, 2.05) is 31.2 Å². The highest BCUT2D eigenvalue weighted by Gasteiger charge is 2.07. The minimum atomic E-state index is 0.746. The third kappa shape index (κ3) is 2.29. The van der Waals surface area contributed by atoms with Crippen molar-refractivity contribution in [3.8, 4) is 0 Å². The summed E-state index contributed by atoms with van der Waals surface area (Å²) in [5, 5.41) is 2.12. The number of pyridine rings is 4. The first-order valence-electron chi connectivity index (χ1n) is 7.21. The zero-order valence-electron chi connectivity index (χ0n) is 12.2. The second kappa shape index (κ2) is 5.15. The molecule has 0 spiro atoms. The average Bonchev–Trinajstić information content (AvgIpc) is 2.55. The van der Waals surface area contributed by atoms with Gasteiger partial charge >= 0.3 is 0 Å². The molecule has 4 aromatic heterocycles. The second-order valence-electron chi connectivity index (χ2n) is 5.31. The van der Waals surface area contributed by atoms with Crippen LogP contribution in [0, 0.1) is 6.92 Å². The Morgan fingerprint density at radius 2 is 1.55 bits per heavy atom. The van der Waals surface area contributed by atoms with E-state index in [2.05, 4.69) is 38.1 Å². The third-order valence-electron chi connectivity index (χ3n) is 3.78. The summed E-state index contributed by atoms with van der Waals surface area (Å²) in [6, 6.07) is 14.2. The molecule has 4 aromatic rings. The van der Waals surface area contributed by atoms with Crippen molar-refractivity contribution < 1.29 is 0 Å². The SMILES string of the molecule is Cc1nc2ncccc2cc1Cc1ccc2cccnc2n1. The molecule has 4 heterocycles. The van der Waals surface area contributed by atoms with E-state index in [9.17, 15) is 0 Å². The van der Waals surface area contributed by atoms with Gasteiger partial charge in [0.05, 0.1) is 0 Å². The lowest BCUT2D eigenvalue weighted by atomic mass is 10.1. The monoisotopic (exact) mass is 286 g/mol. The van der Waals surface area contributed by atoms with E-state index in [1.165, 1.54) is 5.56 Å². The lowest BCUT2D eigenvalue weighted by Crippen LogP contribution is -1.99. The van der Waals surface area contributed by atoms with Gasteiger partial charge < -0.3 is 0 Å². The molecule has 0 aliphatic carbocycles. The molecule has 4 rings (SSSR count). The summed E-state index contributed by atoms with van der Waals surface area (Å²) in [6.45, 7) is 2.02. The van der Waals surface area contributed by atoms with E-state index in [0.29, 0.717) is 0 Å². The first kappa shape index (κ1) is 12.8. The average molecular weight is 286 g/mol. The van der Waals surface area contributed by atoms with Gasteiger partial charge in [-0.2, -0.15) is 0 Å². The smallest absolute Gasteiger partial charge is 0.159 e. The summed E-state index contributed by atoms with van der Waals surface area (Å²) < 4.78 is 0. The highest BCUT2D eigenvalue weighted by molar-refractivity contribution is 5.76. The van der Waals surface area contributed by atoms with Crippen molar-refractivity contribution in [3.05, 3.63) is 71.8 Å². The van der Waals surface area contributed by atoms with Crippen molar-refractivity contribution in [3.63, 3.8) is 0 Å². The van der Waals surface area contributed by atoms with Crippen LogP contribution in [0.1, 0.15) is 17.0 Å². The molecule has 0 aliphatic rings. The number of rotatable bonds is 2. The van der Waals surface area contributed by atoms with E-state index in [0.717, 1.165) is 39.9 Å². The summed E-state index contributed by atoms with van der Waals surface area (Å²) in [5.41, 5.74) is 4.74. The van der Waals surface area contributed by atoms with Gasteiger partial charge in [0, 0.05) is 41.0 Å². The predicted molar refractivity (Wildman–Crippen MR) is 86.6 cm³/mol. The Kier molecular flexibility index (Phi) is 3.00. The molecule has 4 nitrogen and oxygen atoms in total. The number of aromatic nitrogens is 4. The Morgan fingerprint density at radius 3 is 2.36 bits per heavy atom. The van der Waals surface area contributed by atoms with Crippen LogP contribution in [0.4, 0.5) is 0 Å². The van der Waals surface area contributed by atoms with Crippen LogP contribution in [-0.2, 0) is 6.42 Å². The van der Waals surface area contributed by atoms with Crippen LogP contribution in [0.5, 0.6) is 0 Å². The summed E-state index contributed by atoms with van der Waals surface area (Å²) in [5.74, 6) is 0. The molecule has 106 valence electrons. The zero-order chi connectivity index (χ0) is 14.9. The third-order valence-corrected chi connectivity index (χ3v) is 3.78. The first-order valence-corrected chi connectivity index (χ1v) is 7.21. The molecule has 0 N–H and O–H groups in total. The Bertz CT molecular complexity index is 979. The van der Waals surface area contributed by atoms with E-state index in [4.69, 9.17) is 0 Å². The van der Waals surface area contributed by atoms with Gasteiger partial charge in [-0.3, -0.25) is 0 Å². The largest absolute Gasteiger partial charge is 0.237 e. The Balaban J connectivity index is 1.76. The van der Waals surface area contributed by atoms with Gasteiger partial charge in [-0.15, -0.1) is 0 Å². The fourth-order valence-corrected chi connectivity index (χ4v) is 2.60. The van der Waals surface area contributed by atoms with Gasteiger partial charge in [0.15, 0.2) is 11.3 Å². The van der Waals surface area contributed by atoms with Crippen LogP contribution in [0.2, 0.25) is 0 Å². The molecule has 0 atom stereocenters. The van der Waals surface area contributed by atoms with Gasteiger partial charge in [0.25, 0.3) is 0 Å². The predicted octanol–water partition coefficient (Wildman–Crippen LogP) is 3.47. The quantitative estimate of drug-likeness (QED) is 0.566. The van der Waals surface area contributed by atoms with Gasteiger partial charge in [0.2, 0.25) is 0 Å². The summed E-state index contributed by atoms with van der Waals surface area (Å²) in [6.07, 6.45) is 4.29. The molecule has 0 unspecified atom stereocenters. The van der Waals surface area contributed by atoms with Crippen molar-refractivity contribution >= 4 is 22.1 Å². The second-order valence-corrected chi connectivity index (χ2v) is 5.31. The number of hydrogen-bond donors (Lipinski definition) is 0. The van der Waals surface area contributed by atoms with Crippen LogP contribution in [0.15, 0.2) is 54.9 Å². The Hall–Kier alpha value is -2.88. The highest BCUT2D eigenvalue weighted by atomic mass is 14.9. The molecule has 4 heteroatoms. The molecule has 0 fully saturated rings. The van der Waals surface area contributed by atoms with Crippen molar-refractivity contribution in [1.29, 1.82) is 0 Å². The molecule has 0 amide bonds. The molecule has 0 aromatic carbocycles. The van der Waals surface area contributed by atoms with Crippen LogP contribution < -0.4 is 0 Å². The van der Waals surface area contributed by atoms with Crippen LogP contribution in [-0.4, -0.2) is 19.9 Å². The molecule has 0 saturated heterocycles. The van der Waals surface area contributed by atoms with E-state index < -0.39 is 0 Å². The fraction of sp³-hybridized carbons (Fsp3) is 0.111. The highest BCUT2D eigenvalue weighted by Crippen LogP contribution is 2.18. The lowest BCUT2D eigenvalue weighted by molar-refractivity contribution is 1.04. The van der Waals surface area contributed by atoms with Gasteiger partial charge in [-0.1, -0.05) is 0 Å². The molecule has 0 saturated carbocycles. The van der Waals surface area contributed by atoms with Crippen molar-refractivity contribution in [2.24, 2.45) is 0 Å². The number of nitrogens with zero attached hydrogens (tertiary/aromatic N) is 4. The van der Waals surface area contributed by atoms with Crippen LogP contribution in [0.3, 0.4) is 0 Å². The molecule has 22 heavy (non-hydrogen) atoms. The van der Waals surface area contributed by atoms with Crippen LogP contribution in [0.25, 0.3) is 22.1 Å². The number of fused-ring (bicyclic) bond motifs is 2. The van der Waals surface area contributed by atoms with E-state index in [-0.39, 0.29) is 0 Å². The maximum absolute atomic E-state index is 4.64. The lowest BCUT2D eigenvalue weighted by Gasteiger charge is -2.07. The van der Waals surface area contributed by atoms with E-state index >= 15 is 0 Å². The molecular formula is C18H14N4. The summed E-state index contributed by atoms with van der Waals surface area (Å²) >= 11 is 0. The van der Waals surface area contributed by atoms with Crippen molar-refractivity contribution in [2.75, 3.05) is 0 Å². The Morgan fingerprint density at radius 1 is 0.818 bits per heavy atom. The number of hydrogen-bond acceptors (Lipinski definition) is 4. The normalized spacial score (nSPS) is 11.1. The van der Waals surface area contributed by atoms with Crippen molar-refractivity contribution in [1.82, 2.24) is 19.9 Å². The topological polar surface area (TPSA) is 51.6 Å². The van der Waals surface area contributed by atoms with Crippen LogP contribution >= 0.6 is 0 Å². The molecular weight excluding hydrogens is 272 g/mol. The minimum absolute atomic E-state index is 0.746. The summed E-state index contributed by atoms with van der Waals surface area (Å²) in [4.78, 5) is 17.8. The zero-order valence-corrected chi connectivity index (χ0v) is 12.2. The molecule has 0 bridgehead atoms.